The van der Waals surface area contributed by atoms with Gasteiger partial charge in [0.25, 0.3) is 0 Å². The second kappa shape index (κ2) is 7.68. The van der Waals surface area contributed by atoms with Crippen molar-refractivity contribution in [2.45, 2.75) is 38.8 Å². The van der Waals surface area contributed by atoms with Gasteiger partial charge in [0.05, 0.1) is 13.5 Å². The Kier molecular flexibility index (Phi) is 5.35. The highest BCUT2D eigenvalue weighted by molar-refractivity contribution is 5.94. The Morgan fingerprint density at radius 1 is 1.19 bits per heavy atom. The van der Waals surface area contributed by atoms with Gasteiger partial charge in [-0.25, -0.2) is 4.39 Å². The molecule has 1 saturated carbocycles. The zero-order valence-electron chi connectivity index (χ0n) is 15.0. The predicted octanol–water partition coefficient (Wildman–Crippen LogP) is 3.77. The Hall–Kier alpha value is -2.69. The Morgan fingerprint density at radius 3 is 2.58 bits per heavy atom. The fourth-order valence-corrected chi connectivity index (χ4v) is 3.04. The number of Topliss-reactive ketones (excluding diaryl/α,β-unsaturated/α-hetero) is 1. The van der Waals surface area contributed by atoms with Crippen molar-refractivity contribution in [3.05, 3.63) is 65.0 Å². The number of halogens is 1. The number of hydrogen-bond acceptors (Lipinski definition) is 3. The Morgan fingerprint density at radius 2 is 1.96 bits per heavy atom. The normalized spacial score (nSPS) is 13.3. The van der Waals surface area contributed by atoms with Crippen LogP contribution in [0.1, 0.15) is 41.3 Å². The fourth-order valence-electron chi connectivity index (χ4n) is 3.04. The van der Waals surface area contributed by atoms with E-state index in [2.05, 4.69) is 0 Å². The number of ether oxygens (including phenoxy) is 1. The average molecular weight is 355 g/mol. The molecule has 0 bridgehead atoms. The van der Waals surface area contributed by atoms with Crippen molar-refractivity contribution in [1.82, 2.24) is 4.90 Å². The van der Waals surface area contributed by atoms with Crippen molar-refractivity contribution < 1.29 is 18.7 Å². The summed E-state index contributed by atoms with van der Waals surface area (Å²) < 4.78 is 18.8. The van der Waals surface area contributed by atoms with Crippen molar-refractivity contribution in [2.75, 3.05) is 7.11 Å². The van der Waals surface area contributed by atoms with E-state index in [0.29, 0.717) is 23.4 Å². The van der Waals surface area contributed by atoms with E-state index < -0.39 is 0 Å². The van der Waals surface area contributed by atoms with Crippen molar-refractivity contribution in [1.29, 1.82) is 0 Å². The maximum Gasteiger partial charge on any atom is 0.227 e. The molecule has 1 aliphatic rings. The quantitative estimate of drug-likeness (QED) is 0.710. The summed E-state index contributed by atoms with van der Waals surface area (Å²) in [6.07, 6.45) is 2.08. The summed E-state index contributed by atoms with van der Waals surface area (Å²) >= 11 is 0. The highest BCUT2D eigenvalue weighted by Gasteiger charge is 2.32. The van der Waals surface area contributed by atoms with Gasteiger partial charge in [-0.1, -0.05) is 12.1 Å². The van der Waals surface area contributed by atoms with Crippen LogP contribution < -0.4 is 4.74 Å². The van der Waals surface area contributed by atoms with Gasteiger partial charge < -0.3 is 9.64 Å². The van der Waals surface area contributed by atoms with E-state index in [9.17, 15) is 14.0 Å². The first kappa shape index (κ1) is 18.1. The second-order valence-corrected chi connectivity index (χ2v) is 6.64. The van der Waals surface area contributed by atoms with Crippen molar-refractivity contribution >= 4 is 11.7 Å². The van der Waals surface area contributed by atoms with Crippen LogP contribution >= 0.6 is 0 Å². The molecule has 0 heterocycles. The molecule has 2 aromatic rings. The Balaban J connectivity index is 1.80. The summed E-state index contributed by atoms with van der Waals surface area (Å²) in [7, 11) is 1.54. The lowest BCUT2D eigenvalue weighted by molar-refractivity contribution is -0.131. The molecule has 0 atom stereocenters. The molecule has 0 spiro atoms. The van der Waals surface area contributed by atoms with Crippen LogP contribution in [0, 0.1) is 5.82 Å². The smallest absolute Gasteiger partial charge is 0.227 e. The largest absolute Gasteiger partial charge is 0.496 e. The van der Waals surface area contributed by atoms with E-state index in [-0.39, 0.29) is 30.0 Å². The maximum absolute atomic E-state index is 13.4. The minimum atomic E-state index is -0.304. The van der Waals surface area contributed by atoms with Crippen molar-refractivity contribution in [3.63, 3.8) is 0 Å². The number of rotatable bonds is 7. The third-order valence-corrected chi connectivity index (χ3v) is 4.58. The van der Waals surface area contributed by atoms with Gasteiger partial charge in [0.15, 0.2) is 5.78 Å². The SMILES string of the molecule is COc1ccc(C(C)=O)cc1CC(=O)N(Cc1cccc(F)c1)C1CC1. The number of benzene rings is 2. The van der Waals surface area contributed by atoms with Crippen LogP contribution in [0.5, 0.6) is 5.75 Å². The fraction of sp³-hybridized carbons (Fsp3) is 0.333. The number of carbonyl (C=O) groups excluding carboxylic acids is 2. The molecule has 5 heteroatoms. The van der Waals surface area contributed by atoms with Crippen molar-refractivity contribution in [2.24, 2.45) is 0 Å². The van der Waals surface area contributed by atoms with Crippen LogP contribution in [-0.2, 0) is 17.8 Å². The van der Waals surface area contributed by atoms with Crippen LogP contribution in [0.15, 0.2) is 42.5 Å². The van der Waals surface area contributed by atoms with Crippen LogP contribution in [-0.4, -0.2) is 29.7 Å². The lowest BCUT2D eigenvalue weighted by Gasteiger charge is -2.23. The summed E-state index contributed by atoms with van der Waals surface area (Å²) in [6, 6.07) is 11.7. The first-order chi connectivity index (χ1) is 12.5. The van der Waals surface area contributed by atoms with E-state index in [1.54, 1.807) is 36.3 Å². The van der Waals surface area contributed by atoms with E-state index >= 15 is 0 Å². The van der Waals surface area contributed by atoms with Crippen molar-refractivity contribution in [3.8, 4) is 5.75 Å². The van der Waals surface area contributed by atoms with Gasteiger partial charge in [0, 0.05) is 23.7 Å². The Labute approximate surface area is 152 Å². The van der Waals surface area contributed by atoms with E-state index in [1.165, 1.54) is 19.1 Å². The predicted molar refractivity (Wildman–Crippen MR) is 96.7 cm³/mol. The van der Waals surface area contributed by atoms with Crippen LogP contribution in [0.25, 0.3) is 0 Å². The molecule has 136 valence electrons. The number of amides is 1. The van der Waals surface area contributed by atoms with Crippen LogP contribution in [0.3, 0.4) is 0 Å². The third-order valence-electron chi connectivity index (χ3n) is 4.58. The van der Waals surface area contributed by atoms with E-state index in [1.807, 2.05) is 6.07 Å². The van der Waals surface area contributed by atoms with Gasteiger partial charge >= 0.3 is 0 Å². The molecule has 0 saturated heterocycles. The van der Waals surface area contributed by atoms with Crippen LogP contribution in [0.2, 0.25) is 0 Å². The molecule has 2 aromatic carbocycles. The molecule has 1 fully saturated rings. The number of carbonyl (C=O) groups is 2. The molecule has 26 heavy (non-hydrogen) atoms. The van der Waals surface area contributed by atoms with E-state index in [0.717, 1.165) is 18.4 Å². The molecule has 0 aliphatic heterocycles. The number of nitrogens with zero attached hydrogens (tertiary/aromatic N) is 1. The topological polar surface area (TPSA) is 46.6 Å². The summed E-state index contributed by atoms with van der Waals surface area (Å²) in [4.78, 5) is 26.4. The molecule has 0 radical (unpaired) electrons. The number of hydrogen-bond donors (Lipinski definition) is 0. The third kappa shape index (κ3) is 4.28. The minimum Gasteiger partial charge on any atom is -0.496 e. The average Bonchev–Trinajstić information content (AvgIpc) is 3.44. The van der Waals surface area contributed by atoms with E-state index in [4.69, 9.17) is 4.74 Å². The van der Waals surface area contributed by atoms with Crippen LogP contribution in [0.4, 0.5) is 4.39 Å². The first-order valence-electron chi connectivity index (χ1n) is 8.69. The lowest BCUT2D eigenvalue weighted by Crippen LogP contribution is -2.34. The molecule has 0 unspecified atom stereocenters. The summed E-state index contributed by atoms with van der Waals surface area (Å²) in [5.74, 6) is 0.183. The maximum atomic E-state index is 13.4. The number of ketones is 1. The second-order valence-electron chi connectivity index (χ2n) is 6.64. The van der Waals surface area contributed by atoms with Gasteiger partial charge in [0.2, 0.25) is 5.91 Å². The summed E-state index contributed by atoms with van der Waals surface area (Å²) in [6.45, 7) is 1.88. The molecule has 1 aliphatic carbocycles. The molecular formula is C21H22FNO3. The van der Waals surface area contributed by atoms with Gasteiger partial charge in [-0.05, 0) is 55.7 Å². The number of methoxy groups -OCH3 is 1. The highest BCUT2D eigenvalue weighted by atomic mass is 19.1. The van der Waals surface area contributed by atoms with Gasteiger partial charge in [-0.15, -0.1) is 0 Å². The van der Waals surface area contributed by atoms with Gasteiger partial charge in [-0.3, -0.25) is 9.59 Å². The Bertz CT molecular complexity index is 830. The first-order valence-corrected chi connectivity index (χ1v) is 8.69. The molecule has 3 rings (SSSR count). The monoisotopic (exact) mass is 355 g/mol. The van der Waals surface area contributed by atoms with Gasteiger partial charge in [-0.2, -0.15) is 0 Å². The lowest BCUT2D eigenvalue weighted by atomic mass is 10.0. The van der Waals surface area contributed by atoms with Gasteiger partial charge in [0.1, 0.15) is 11.6 Å². The summed E-state index contributed by atoms with van der Waals surface area (Å²) in [5.41, 5.74) is 2.02. The summed E-state index contributed by atoms with van der Waals surface area (Å²) in [5, 5.41) is 0. The zero-order valence-corrected chi connectivity index (χ0v) is 15.0. The molecule has 1 amide bonds. The zero-order chi connectivity index (χ0) is 18.7. The molecule has 0 N–H and O–H groups in total. The molecule has 4 nitrogen and oxygen atoms in total. The highest BCUT2D eigenvalue weighted by Crippen LogP contribution is 2.30. The minimum absolute atomic E-state index is 0.0456. The standard InChI is InChI=1S/C21H22FNO3/c1-14(24)16-6-9-20(26-2)17(11-16)12-21(25)23(19-7-8-19)13-15-4-3-5-18(22)10-15/h3-6,9-11,19H,7-8,12-13H2,1-2H3. The molecule has 0 aromatic heterocycles. The molecular weight excluding hydrogens is 333 g/mol.